The number of hydrogen-bond acceptors (Lipinski definition) is 4. The van der Waals surface area contributed by atoms with Crippen LogP contribution in [0, 0.1) is 5.92 Å². The highest BCUT2D eigenvalue weighted by Gasteiger charge is 2.51. The largest absolute Gasteiger partial charge is 0.508 e. The number of aromatic hydroxyl groups is 1. The number of rotatable bonds is 7. The molecule has 4 heteroatoms. The first-order valence-corrected chi connectivity index (χ1v) is 14.4. The number of likely N-dealkylation sites (tertiary alicyclic amines) is 1. The van der Waals surface area contributed by atoms with Crippen molar-refractivity contribution in [2.45, 2.75) is 108 Å². The van der Waals surface area contributed by atoms with Crippen LogP contribution in [-0.2, 0) is 18.3 Å². The van der Waals surface area contributed by atoms with Crippen LogP contribution < -0.4 is 5.32 Å². The highest BCUT2D eigenvalue weighted by atomic mass is 16.3. The van der Waals surface area contributed by atoms with Crippen LogP contribution in [0.5, 0.6) is 5.75 Å². The van der Waals surface area contributed by atoms with Gasteiger partial charge in [0.15, 0.2) is 0 Å². The molecule has 5 rings (SSSR count). The Morgan fingerprint density at radius 2 is 1.78 bits per heavy atom. The fourth-order valence-corrected chi connectivity index (χ4v) is 7.65. The van der Waals surface area contributed by atoms with Crippen molar-refractivity contribution in [1.82, 2.24) is 4.90 Å². The fraction of sp³-hybridized carbons (Fsp3) is 0.625. The molecule has 4 nitrogen and oxygen atoms in total. The predicted octanol–water partition coefficient (Wildman–Crippen LogP) is 6.43. The van der Waals surface area contributed by atoms with E-state index in [0.717, 1.165) is 51.4 Å². The molecule has 0 spiro atoms. The molecule has 0 bridgehead atoms. The quantitative estimate of drug-likeness (QED) is 0.418. The Balaban J connectivity index is 1.34. The molecule has 2 aromatic carbocycles. The minimum atomic E-state index is -0.518. The maximum atomic E-state index is 11.4. The van der Waals surface area contributed by atoms with E-state index in [2.05, 4.69) is 61.3 Å². The van der Waals surface area contributed by atoms with Crippen molar-refractivity contribution >= 4 is 5.69 Å². The Bertz CT molecular complexity index is 1030. The maximum absolute atomic E-state index is 11.4. The number of phenols is 1. The Kier molecular flexibility index (Phi) is 7.38. The molecule has 3 N–H and O–H groups in total. The molecule has 0 radical (unpaired) electrons. The van der Waals surface area contributed by atoms with Crippen molar-refractivity contribution in [3.8, 4) is 5.75 Å². The van der Waals surface area contributed by atoms with E-state index in [1.165, 1.54) is 48.3 Å². The number of nitrogens with zero attached hydrogens (tertiary/aromatic N) is 1. The molecule has 36 heavy (non-hydrogen) atoms. The summed E-state index contributed by atoms with van der Waals surface area (Å²) in [5.74, 6) is 0.846. The monoisotopic (exact) mass is 490 g/mol. The molecule has 0 amide bonds. The number of anilines is 1. The Labute approximate surface area is 218 Å². The van der Waals surface area contributed by atoms with Crippen LogP contribution in [0.3, 0.4) is 0 Å². The summed E-state index contributed by atoms with van der Waals surface area (Å²) in [5, 5.41) is 25.3. The van der Waals surface area contributed by atoms with E-state index < -0.39 is 5.60 Å². The topological polar surface area (TPSA) is 55.7 Å². The van der Waals surface area contributed by atoms with Gasteiger partial charge in [0.1, 0.15) is 5.75 Å². The zero-order chi connectivity index (χ0) is 25.3. The van der Waals surface area contributed by atoms with E-state index >= 15 is 0 Å². The lowest BCUT2D eigenvalue weighted by molar-refractivity contribution is -0.0565. The molecule has 1 unspecified atom stereocenters. The minimum absolute atomic E-state index is 0.0415. The molecule has 3 aliphatic rings. The van der Waals surface area contributed by atoms with Gasteiger partial charge in [-0.25, -0.2) is 0 Å². The smallest absolute Gasteiger partial charge is 0.115 e. The molecule has 1 heterocycles. The summed E-state index contributed by atoms with van der Waals surface area (Å²) in [6, 6.07) is 16.4. The molecule has 1 aliphatic heterocycles. The normalized spacial score (nSPS) is 29.1. The molecule has 2 aromatic rings. The first-order valence-electron chi connectivity index (χ1n) is 14.4. The highest BCUT2D eigenvalue weighted by molar-refractivity contribution is 5.48. The third-order valence-corrected chi connectivity index (χ3v) is 9.65. The molecule has 3 atom stereocenters. The summed E-state index contributed by atoms with van der Waals surface area (Å²) in [4.78, 5) is 2.57. The van der Waals surface area contributed by atoms with Gasteiger partial charge in [0.05, 0.1) is 5.60 Å². The van der Waals surface area contributed by atoms with Gasteiger partial charge in [-0.3, -0.25) is 0 Å². The van der Waals surface area contributed by atoms with Crippen LogP contribution in [-0.4, -0.2) is 45.9 Å². The molecule has 0 aromatic heterocycles. The lowest BCUT2D eigenvalue weighted by Gasteiger charge is -2.53. The van der Waals surface area contributed by atoms with Crippen LogP contribution >= 0.6 is 0 Å². The maximum Gasteiger partial charge on any atom is 0.115 e. The molecular formula is C32H46N2O2. The van der Waals surface area contributed by atoms with Gasteiger partial charge in [0.25, 0.3) is 0 Å². The van der Waals surface area contributed by atoms with Crippen LogP contribution in [0.4, 0.5) is 5.69 Å². The summed E-state index contributed by atoms with van der Waals surface area (Å²) in [7, 11) is 0. The lowest BCUT2D eigenvalue weighted by atomic mass is 9.52. The van der Waals surface area contributed by atoms with Gasteiger partial charge in [-0.15, -0.1) is 0 Å². The number of fused-ring (bicyclic) bond motifs is 3. The van der Waals surface area contributed by atoms with Crippen molar-refractivity contribution in [3.05, 3.63) is 59.2 Å². The number of aliphatic hydroxyl groups is 1. The second-order valence-corrected chi connectivity index (χ2v) is 12.3. The van der Waals surface area contributed by atoms with Crippen molar-refractivity contribution in [3.63, 3.8) is 0 Å². The van der Waals surface area contributed by atoms with E-state index in [-0.39, 0.29) is 5.41 Å². The van der Waals surface area contributed by atoms with Gasteiger partial charge in [-0.2, -0.15) is 0 Å². The van der Waals surface area contributed by atoms with Crippen molar-refractivity contribution in [2.75, 3.05) is 18.4 Å². The first kappa shape index (κ1) is 25.6. The van der Waals surface area contributed by atoms with Gasteiger partial charge in [-0.05, 0) is 119 Å². The number of piperidine rings is 1. The molecule has 1 saturated heterocycles. The summed E-state index contributed by atoms with van der Waals surface area (Å²) in [6.45, 7) is 9.12. The van der Waals surface area contributed by atoms with Gasteiger partial charge < -0.3 is 20.4 Å². The third kappa shape index (κ3) is 5.17. The summed E-state index contributed by atoms with van der Waals surface area (Å²) < 4.78 is 0. The van der Waals surface area contributed by atoms with Crippen molar-refractivity contribution < 1.29 is 10.2 Å². The predicted molar refractivity (Wildman–Crippen MR) is 149 cm³/mol. The van der Waals surface area contributed by atoms with Gasteiger partial charge in [0.2, 0.25) is 0 Å². The third-order valence-electron chi connectivity index (χ3n) is 9.65. The first-order chi connectivity index (χ1) is 17.3. The van der Waals surface area contributed by atoms with E-state index in [1.807, 2.05) is 12.1 Å². The molecular weight excluding hydrogens is 444 g/mol. The number of nitrogens with one attached hydrogen (secondary N) is 1. The van der Waals surface area contributed by atoms with Gasteiger partial charge in [0, 0.05) is 36.3 Å². The number of aryl methyl sites for hydroxylation is 1. The summed E-state index contributed by atoms with van der Waals surface area (Å²) >= 11 is 0. The van der Waals surface area contributed by atoms with Crippen LogP contribution in [0.25, 0.3) is 0 Å². The second-order valence-electron chi connectivity index (χ2n) is 12.3. The second kappa shape index (κ2) is 10.4. The summed E-state index contributed by atoms with van der Waals surface area (Å²) in [5.41, 5.74) is 4.84. The van der Waals surface area contributed by atoms with Crippen molar-refractivity contribution in [1.29, 1.82) is 0 Å². The average molecular weight is 491 g/mol. The van der Waals surface area contributed by atoms with E-state index in [0.29, 0.717) is 23.8 Å². The minimum Gasteiger partial charge on any atom is -0.508 e. The number of phenolic OH excluding ortho intramolecular Hbond substituents is 1. The van der Waals surface area contributed by atoms with E-state index in [1.54, 1.807) is 0 Å². The summed E-state index contributed by atoms with van der Waals surface area (Å²) in [6.07, 6.45) is 10.2. The van der Waals surface area contributed by atoms with Crippen molar-refractivity contribution in [2.24, 2.45) is 5.92 Å². The molecule has 2 aliphatic carbocycles. The lowest BCUT2D eigenvalue weighted by Crippen LogP contribution is -2.51. The van der Waals surface area contributed by atoms with Gasteiger partial charge >= 0.3 is 0 Å². The van der Waals surface area contributed by atoms with E-state index in [4.69, 9.17) is 0 Å². The Hall–Kier alpha value is -2.04. The standard InChI is InChI=1S/C32H46N2O2/c1-4-15-31(36)16-17-32(26(22-31)8-7-25-20-29(35)11-12-30(25)32)21-24-5-9-27(10-6-24)33-28-13-18-34(19-14-28)23(2)3/h5-6,9-12,20,23,26,28,33,35-36H,4,7-8,13-19,21-22H2,1-3H3/t26-,31?,32+/m1/s1. The molecule has 1 saturated carbocycles. The number of hydrogen-bond donors (Lipinski definition) is 3. The zero-order valence-electron chi connectivity index (χ0n) is 22.6. The number of benzene rings is 2. The molecule has 2 fully saturated rings. The van der Waals surface area contributed by atoms with Crippen LogP contribution in [0.2, 0.25) is 0 Å². The fourth-order valence-electron chi connectivity index (χ4n) is 7.65. The highest BCUT2D eigenvalue weighted by Crippen LogP contribution is 2.55. The average Bonchev–Trinajstić information content (AvgIpc) is 2.86. The molecule has 196 valence electrons. The zero-order valence-corrected chi connectivity index (χ0v) is 22.6. The van der Waals surface area contributed by atoms with E-state index in [9.17, 15) is 10.2 Å². The Morgan fingerprint density at radius 1 is 1.03 bits per heavy atom. The van der Waals surface area contributed by atoms with Gasteiger partial charge in [-0.1, -0.05) is 31.5 Å². The van der Waals surface area contributed by atoms with Crippen LogP contribution in [0.15, 0.2) is 42.5 Å². The Morgan fingerprint density at radius 3 is 2.47 bits per heavy atom. The van der Waals surface area contributed by atoms with Crippen LogP contribution in [0.1, 0.15) is 88.8 Å². The SMILES string of the molecule is CCCC1(O)CC[C@@]2(Cc3ccc(NC4CCN(C(C)C)CC4)cc3)c3ccc(O)cc3CC[C@@H]2C1.